The van der Waals surface area contributed by atoms with Crippen LogP contribution in [0.25, 0.3) is 0 Å². The molecular formula is C9H12FNS. The van der Waals surface area contributed by atoms with Crippen molar-refractivity contribution in [2.45, 2.75) is 18.5 Å². The number of rotatable bonds is 3. The van der Waals surface area contributed by atoms with E-state index < -0.39 is 5.67 Å². The summed E-state index contributed by atoms with van der Waals surface area (Å²) in [7, 11) is 0. The van der Waals surface area contributed by atoms with Crippen molar-refractivity contribution < 1.29 is 4.39 Å². The molecule has 1 heterocycles. The molecular weight excluding hydrogens is 173 g/mol. The third-order valence-corrected chi connectivity index (χ3v) is 3.21. The van der Waals surface area contributed by atoms with Gasteiger partial charge in [-0.3, -0.25) is 0 Å². The fourth-order valence-corrected chi connectivity index (χ4v) is 2.29. The van der Waals surface area contributed by atoms with E-state index in [4.69, 9.17) is 5.73 Å². The van der Waals surface area contributed by atoms with Crippen molar-refractivity contribution >= 4 is 11.3 Å². The molecule has 0 spiro atoms. The summed E-state index contributed by atoms with van der Waals surface area (Å²) < 4.78 is 14.2. The van der Waals surface area contributed by atoms with Crippen molar-refractivity contribution in [2.24, 2.45) is 11.7 Å². The molecule has 12 heavy (non-hydrogen) atoms. The van der Waals surface area contributed by atoms with Gasteiger partial charge in [-0.15, -0.1) is 0 Å². The highest BCUT2D eigenvalue weighted by Crippen LogP contribution is 2.48. The lowest BCUT2D eigenvalue weighted by Crippen LogP contribution is -2.32. The molecule has 1 fully saturated rings. The largest absolute Gasteiger partial charge is 0.327 e. The number of halogens is 1. The second kappa shape index (κ2) is 2.82. The minimum absolute atomic E-state index is 0.119. The molecule has 0 amide bonds. The van der Waals surface area contributed by atoms with Gasteiger partial charge in [0, 0.05) is 12.1 Å². The highest BCUT2D eigenvalue weighted by molar-refractivity contribution is 7.08. The average molecular weight is 185 g/mol. The van der Waals surface area contributed by atoms with E-state index in [1.807, 2.05) is 16.8 Å². The molecule has 1 aliphatic rings. The van der Waals surface area contributed by atoms with Crippen LogP contribution in [0.4, 0.5) is 4.39 Å². The van der Waals surface area contributed by atoms with Crippen LogP contribution in [-0.4, -0.2) is 6.54 Å². The van der Waals surface area contributed by atoms with E-state index in [1.165, 1.54) is 11.3 Å². The molecule has 0 bridgehead atoms. The van der Waals surface area contributed by atoms with E-state index in [9.17, 15) is 4.39 Å². The standard InChI is InChI=1S/C9H12FNS/c10-9(6-11,7-1-2-7)8-3-4-12-5-8/h3-5,7H,1-2,6,11H2. The molecule has 1 aliphatic carbocycles. The first-order chi connectivity index (χ1) is 5.77. The molecule has 2 rings (SSSR count). The van der Waals surface area contributed by atoms with Crippen LogP contribution in [0.3, 0.4) is 0 Å². The van der Waals surface area contributed by atoms with E-state index in [0.29, 0.717) is 0 Å². The van der Waals surface area contributed by atoms with Crippen molar-refractivity contribution in [3.8, 4) is 0 Å². The number of thiophene rings is 1. The molecule has 1 unspecified atom stereocenters. The van der Waals surface area contributed by atoms with Gasteiger partial charge in [0.05, 0.1) is 0 Å². The Kier molecular flexibility index (Phi) is 1.93. The van der Waals surface area contributed by atoms with Crippen molar-refractivity contribution in [2.75, 3.05) is 6.54 Å². The Morgan fingerprint density at radius 2 is 2.42 bits per heavy atom. The second-order valence-electron chi connectivity index (χ2n) is 3.35. The molecule has 1 nitrogen and oxygen atoms in total. The van der Waals surface area contributed by atoms with Gasteiger partial charge in [-0.2, -0.15) is 11.3 Å². The summed E-state index contributed by atoms with van der Waals surface area (Å²) in [5.74, 6) is 0.178. The summed E-state index contributed by atoms with van der Waals surface area (Å²) in [5.41, 5.74) is 5.01. The monoisotopic (exact) mass is 185 g/mol. The zero-order chi connectivity index (χ0) is 8.60. The lowest BCUT2D eigenvalue weighted by atomic mass is 9.93. The van der Waals surface area contributed by atoms with E-state index in [0.717, 1.165) is 18.4 Å². The number of alkyl halides is 1. The Labute approximate surface area is 75.4 Å². The quantitative estimate of drug-likeness (QED) is 0.768. The number of hydrogen-bond donors (Lipinski definition) is 1. The Hall–Kier alpha value is -0.410. The van der Waals surface area contributed by atoms with Gasteiger partial charge < -0.3 is 5.73 Å². The van der Waals surface area contributed by atoms with Crippen LogP contribution in [0, 0.1) is 5.92 Å². The van der Waals surface area contributed by atoms with E-state index >= 15 is 0 Å². The molecule has 1 aromatic rings. The van der Waals surface area contributed by atoms with Gasteiger partial charge in [0.15, 0.2) is 5.67 Å². The molecule has 3 heteroatoms. The summed E-state index contributed by atoms with van der Waals surface area (Å²) >= 11 is 1.53. The van der Waals surface area contributed by atoms with Gasteiger partial charge in [-0.1, -0.05) is 0 Å². The van der Waals surface area contributed by atoms with Crippen LogP contribution in [0.15, 0.2) is 16.8 Å². The molecule has 66 valence electrons. The van der Waals surface area contributed by atoms with Gasteiger partial charge in [-0.25, -0.2) is 4.39 Å². The minimum Gasteiger partial charge on any atom is -0.327 e. The Morgan fingerprint density at radius 1 is 1.67 bits per heavy atom. The van der Waals surface area contributed by atoms with Crippen LogP contribution >= 0.6 is 11.3 Å². The fourth-order valence-electron chi connectivity index (χ4n) is 1.56. The summed E-state index contributed by atoms with van der Waals surface area (Å²) in [6.45, 7) is 0.119. The summed E-state index contributed by atoms with van der Waals surface area (Å²) in [6, 6.07) is 1.84. The number of nitrogens with two attached hydrogens (primary N) is 1. The van der Waals surface area contributed by atoms with Gasteiger partial charge in [-0.05, 0) is 35.6 Å². The first-order valence-corrected chi connectivity index (χ1v) is 5.13. The van der Waals surface area contributed by atoms with Gasteiger partial charge in [0.25, 0.3) is 0 Å². The average Bonchev–Trinajstić information content (AvgIpc) is 2.80. The molecule has 1 saturated carbocycles. The topological polar surface area (TPSA) is 26.0 Å². The summed E-state index contributed by atoms with van der Waals surface area (Å²) in [5, 5.41) is 3.77. The van der Waals surface area contributed by atoms with Gasteiger partial charge in [0.1, 0.15) is 0 Å². The van der Waals surface area contributed by atoms with E-state index in [1.54, 1.807) is 0 Å². The van der Waals surface area contributed by atoms with Gasteiger partial charge in [0.2, 0.25) is 0 Å². The Balaban J connectivity index is 2.27. The molecule has 2 N–H and O–H groups in total. The van der Waals surface area contributed by atoms with Crippen molar-refractivity contribution in [1.82, 2.24) is 0 Å². The first-order valence-electron chi connectivity index (χ1n) is 4.19. The summed E-state index contributed by atoms with van der Waals surface area (Å²) in [6.07, 6.45) is 1.98. The van der Waals surface area contributed by atoms with Crippen LogP contribution < -0.4 is 5.73 Å². The molecule has 1 aromatic heterocycles. The van der Waals surface area contributed by atoms with Crippen molar-refractivity contribution in [3.05, 3.63) is 22.4 Å². The predicted octanol–water partition coefficient (Wildman–Crippen LogP) is 2.28. The smallest absolute Gasteiger partial charge is 0.151 e. The summed E-state index contributed by atoms with van der Waals surface area (Å²) in [4.78, 5) is 0. The maximum Gasteiger partial charge on any atom is 0.151 e. The zero-order valence-electron chi connectivity index (χ0n) is 6.79. The Morgan fingerprint density at radius 3 is 2.83 bits per heavy atom. The lowest BCUT2D eigenvalue weighted by molar-refractivity contribution is 0.143. The molecule has 0 aromatic carbocycles. The minimum atomic E-state index is -1.24. The molecule has 1 atom stereocenters. The highest BCUT2D eigenvalue weighted by atomic mass is 32.1. The second-order valence-corrected chi connectivity index (χ2v) is 4.13. The molecule has 0 radical (unpaired) electrons. The Bertz CT molecular complexity index is 256. The fraction of sp³-hybridized carbons (Fsp3) is 0.556. The SMILES string of the molecule is NCC(F)(c1ccsc1)C1CC1. The zero-order valence-corrected chi connectivity index (χ0v) is 7.61. The maximum absolute atomic E-state index is 14.2. The van der Waals surface area contributed by atoms with E-state index in [2.05, 4.69) is 0 Å². The molecule has 0 saturated heterocycles. The first kappa shape index (κ1) is 8.20. The normalized spacial score (nSPS) is 22.2. The molecule has 0 aliphatic heterocycles. The lowest BCUT2D eigenvalue weighted by Gasteiger charge is -2.22. The van der Waals surface area contributed by atoms with Crippen LogP contribution in [0.5, 0.6) is 0 Å². The highest BCUT2D eigenvalue weighted by Gasteiger charge is 2.46. The van der Waals surface area contributed by atoms with Gasteiger partial charge >= 0.3 is 0 Å². The third-order valence-electron chi connectivity index (χ3n) is 2.52. The van der Waals surface area contributed by atoms with Crippen LogP contribution in [-0.2, 0) is 5.67 Å². The maximum atomic E-state index is 14.2. The predicted molar refractivity (Wildman–Crippen MR) is 48.9 cm³/mol. The van der Waals surface area contributed by atoms with Crippen LogP contribution in [0.2, 0.25) is 0 Å². The number of hydrogen-bond acceptors (Lipinski definition) is 2. The van der Waals surface area contributed by atoms with Crippen molar-refractivity contribution in [3.63, 3.8) is 0 Å². The third kappa shape index (κ3) is 1.17. The van der Waals surface area contributed by atoms with Crippen molar-refractivity contribution in [1.29, 1.82) is 0 Å². The van der Waals surface area contributed by atoms with E-state index in [-0.39, 0.29) is 12.5 Å². The van der Waals surface area contributed by atoms with Crippen LogP contribution in [0.1, 0.15) is 18.4 Å².